The number of benzene rings is 2. The molecule has 0 atom stereocenters. The highest BCUT2D eigenvalue weighted by molar-refractivity contribution is 6.31. The molecule has 0 aliphatic heterocycles. The van der Waals surface area contributed by atoms with Crippen molar-refractivity contribution in [1.82, 2.24) is 5.32 Å². The number of amides is 1. The first kappa shape index (κ1) is 20.3. The maximum atomic E-state index is 12.3. The Bertz CT molecular complexity index is 829. The molecular formula is C21H22ClN3O2. The van der Waals surface area contributed by atoms with Crippen LogP contribution in [0.3, 0.4) is 0 Å². The lowest BCUT2D eigenvalue weighted by atomic mass is 10.1. The number of nitrogens with zero attached hydrogens (tertiary/aromatic N) is 1. The van der Waals surface area contributed by atoms with Crippen molar-refractivity contribution < 1.29 is 9.53 Å². The highest BCUT2D eigenvalue weighted by atomic mass is 35.5. The number of carbonyl (C=O) groups is 1. The van der Waals surface area contributed by atoms with Crippen molar-refractivity contribution in [1.29, 1.82) is 5.26 Å². The van der Waals surface area contributed by atoms with E-state index < -0.39 is 5.91 Å². The molecule has 0 bridgehead atoms. The van der Waals surface area contributed by atoms with Gasteiger partial charge in [-0.05, 0) is 43.0 Å². The number of unbranched alkanes of at least 4 members (excludes halogenated alkanes) is 1. The molecule has 0 aromatic heterocycles. The number of nitrogens with one attached hydrogen (secondary N) is 2. The van der Waals surface area contributed by atoms with Crippen LogP contribution in [0.25, 0.3) is 0 Å². The minimum Gasteiger partial charge on any atom is -0.495 e. The van der Waals surface area contributed by atoms with E-state index in [-0.39, 0.29) is 5.57 Å². The number of hydrogen-bond acceptors (Lipinski definition) is 4. The van der Waals surface area contributed by atoms with Gasteiger partial charge in [0.1, 0.15) is 17.4 Å². The first-order valence-electron chi connectivity index (χ1n) is 8.66. The van der Waals surface area contributed by atoms with E-state index in [2.05, 4.69) is 22.8 Å². The van der Waals surface area contributed by atoms with Gasteiger partial charge in [-0.25, -0.2) is 0 Å². The highest BCUT2D eigenvalue weighted by Gasteiger charge is 2.12. The monoisotopic (exact) mass is 383 g/mol. The third-order valence-corrected chi connectivity index (χ3v) is 4.14. The van der Waals surface area contributed by atoms with Gasteiger partial charge in [0.25, 0.3) is 5.91 Å². The van der Waals surface area contributed by atoms with Gasteiger partial charge in [0.2, 0.25) is 0 Å². The van der Waals surface area contributed by atoms with Crippen LogP contribution in [0.1, 0.15) is 18.4 Å². The lowest BCUT2D eigenvalue weighted by Crippen LogP contribution is -2.17. The van der Waals surface area contributed by atoms with Gasteiger partial charge in [0, 0.05) is 17.8 Å². The van der Waals surface area contributed by atoms with Crippen molar-refractivity contribution in [3.8, 4) is 11.8 Å². The van der Waals surface area contributed by atoms with Crippen LogP contribution in [0.15, 0.2) is 60.3 Å². The first-order valence-corrected chi connectivity index (χ1v) is 9.04. The van der Waals surface area contributed by atoms with E-state index in [4.69, 9.17) is 16.3 Å². The summed E-state index contributed by atoms with van der Waals surface area (Å²) in [7, 11) is 1.50. The van der Waals surface area contributed by atoms with Crippen LogP contribution < -0.4 is 15.4 Å². The van der Waals surface area contributed by atoms with Crippen LogP contribution in [-0.2, 0) is 11.2 Å². The van der Waals surface area contributed by atoms with Crippen LogP contribution in [-0.4, -0.2) is 19.6 Å². The Balaban J connectivity index is 1.82. The van der Waals surface area contributed by atoms with Crippen molar-refractivity contribution in [2.75, 3.05) is 19.0 Å². The Kier molecular flexibility index (Phi) is 8.21. The number of methoxy groups -OCH3 is 1. The first-order chi connectivity index (χ1) is 13.1. The molecule has 140 valence electrons. The number of rotatable bonds is 9. The van der Waals surface area contributed by atoms with Crippen molar-refractivity contribution in [3.63, 3.8) is 0 Å². The zero-order chi connectivity index (χ0) is 19.5. The number of halogens is 1. The fourth-order valence-corrected chi connectivity index (χ4v) is 2.66. The van der Waals surface area contributed by atoms with E-state index in [1.165, 1.54) is 18.9 Å². The molecule has 1 amide bonds. The van der Waals surface area contributed by atoms with Crippen molar-refractivity contribution in [2.45, 2.75) is 19.3 Å². The molecule has 0 radical (unpaired) electrons. The Morgan fingerprint density at radius 3 is 2.70 bits per heavy atom. The summed E-state index contributed by atoms with van der Waals surface area (Å²) in [6.45, 7) is 0.686. The minimum atomic E-state index is -0.519. The zero-order valence-corrected chi connectivity index (χ0v) is 15.9. The fraction of sp³-hybridized carbons (Fsp3) is 0.238. The lowest BCUT2D eigenvalue weighted by Gasteiger charge is -2.10. The SMILES string of the molecule is COc1ccc(Cl)cc1NC(=O)/C(C#N)=C\NCCCCc1ccccc1. The molecule has 2 aromatic rings. The van der Waals surface area contributed by atoms with Gasteiger partial charge in [-0.1, -0.05) is 41.9 Å². The number of nitriles is 1. The summed E-state index contributed by atoms with van der Waals surface area (Å²) >= 11 is 5.95. The standard InChI is InChI=1S/C21H22ClN3O2/c1-27-20-11-10-18(22)13-19(20)25-21(26)17(14-23)15-24-12-6-5-9-16-7-3-2-4-8-16/h2-4,7-8,10-11,13,15,24H,5-6,9,12H2,1H3,(H,25,26)/b17-15-. The average molecular weight is 384 g/mol. The molecule has 0 fully saturated rings. The molecule has 2 N–H and O–H groups in total. The van der Waals surface area contributed by atoms with Crippen molar-refractivity contribution in [3.05, 3.63) is 70.9 Å². The third-order valence-electron chi connectivity index (χ3n) is 3.90. The maximum absolute atomic E-state index is 12.3. The molecule has 0 saturated heterocycles. The smallest absolute Gasteiger partial charge is 0.267 e. The Labute approximate surface area is 164 Å². The van der Waals surface area contributed by atoms with E-state index in [0.29, 0.717) is 23.0 Å². The number of aryl methyl sites for hydroxylation is 1. The molecule has 2 rings (SSSR count). The van der Waals surface area contributed by atoms with Gasteiger partial charge in [0.15, 0.2) is 0 Å². The zero-order valence-electron chi connectivity index (χ0n) is 15.2. The van der Waals surface area contributed by atoms with E-state index in [1.54, 1.807) is 18.2 Å². The third kappa shape index (κ3) is 6.69. The quantitative estimate of drug-likeness (QED) is 0.384. The normalized spacial score (nSPS) is 10.8. The summed E-state index contributed by atoms with van der Waals surface area (Å²) in [5.74, 6) is -0.0474. The minimum absolute atomic E-state index is 0.0138. The summed E-state index contributed by atoms with van der Waals surface area (Å²) in [6.07, 6.45) is 4.41. The summed E-state index contributed by atoms with van der Waals surface area (Å²) in [4.78, 5) is 12.3. The van der Waals surface area contributed by atoms with Crippen LogP contribution in [0.4, 0.5) is 5.69 Å². The van der Waals surface area contributed by atoms with E-state index >= 15 is 0 Å². The molecular weight excluding hydrogens is 362 g/mol. The van der Waals surface area contributed by atoms with Crippen molar-refractivity contribution in [2.24, 2.45) is 0 Å². The number of hydrogen-bond donors (Lipinski definition) is 2. The number of carbonyl (C=O) groups excluding carboxylic acids is 1. The molecule has 0 heterocycles. The van der Waals surface area contributed by atoms with Gasteiger partial charge in [-0.3, -0.25) is 4.79 Å². The molecule has 5 nitrogen and oxygen atoms in total. The second-order valence-electron chi connectivity index (χ2n) is 5.87. The largest absolute Gasteiger partial charge is 0.495 e. The Hall–Kier alpha value is -2.97. The summed E-state index contributed by atoms with van der Waals surface area (Å²) in [6, 6.07) is 17.1. The predicted molar refractivity (Wildman–Crippen MR) is 108 cm³/mol. The fourth-order valence-electron chi connectivity index (χ4n) is 2.49. The Morgan fingerprint density at radius 2 is 2.00 bits per heavy atom. The van der Waals surface area contributed by atoms with Crippen LogP contribution in [0.5, 0.6) is 5.75 Å². The van der Waals surface area contributed by atoms with Crippen molar-refractivity contribution >= 4 is 23.2 Å². The molecule has 27 heavy (non-hydrogen) atoms. The molecule has 6 heteroatoms. The Morgan fingerprint density at radius 1 is 1.22 bits per heavy atom. The molecule has 0 unspecified atom stereocenters. The molecule has 0 aliphatic rings. The topological polar surface area (TPSA) is 74.1 Å². The molecule has 0 saturated carbocycles. The molecule has 2 aromatic carbocycles. The maximum Gasteiger partial charge on any atom is 0.267 e. The van der Waals surface area contributed by atoms with Gasteiger partial charge in [-0.2, -0.15) is 5.26 Å². The summed E-state index contributed by atoms with van der Waals surface area (Å²) in [5.41, 5.74) is 1.71. The predicted octanol–water partition coefficient (Wildman–Crippen LogP) is 4.31. The average Bonchev–Trinajstić information content (AvgIpc) is 2.68. The van der Waals surface area contributed by atoms with E-state index in [0.717, 1.165) is 19.3 Å². The van der Waals surface area contributed by atoms with Gasteiger partial charge >= 0.3 is 0 Å². The molecule has 0 spiro atoms. The summed E-state index contributed by atoms with van der Waals surface area (Å²) in [5, 5.41) is 15.4. The molecule has 0 aliphatic carbocycles. The van der Waals surface area contributed by atoms with Crippen LogP contribution >= 0.6 is 11.6 Å². The number of ether oxygens (including phenoxy) is 1. The van der Waals surface area contributed by atoms with Crippen LogP contribution in [0.2, 0.25) is 5.02 Å². The lowest BCUT2D eigenvalue weighted by molar-refractivity contribution is -0.112. The number of anilines is 1. The summed E-state index contributed by atoms with van der Waals surface area (Å²) < 4.78 is 5.19. The van der Waals surface area contributed by atoms with Gasteiger partial charge < -0.3 is 15.4 Å². The van der Waals surface area contributed by atoms with Crippen LogP contribution in [0, 0.1) is 11.3 Å². The second kappa shape index (κ2) is 10.9. The van der Waals surface area contributed by atoms with E-state index in [9.17, 15) is 10.1 Å². The highest BCUT2D eigenvalue weighted by Crippen LogP contribution is 2.27. The van der Waals surface area contributed by atoms with E-state index in [1.807, 2.05) is 24.3 Å². The van der Waals surface area contributed by atoms with Gasteiger partial charge in [-0.15, -0.1) is 0 Å². The van der Waals surface area contributed by atoms with Gasteiger partial charge in [0.05, 0.1) is 12.8 Å². The second-order valence-corrected chi connectivity index (χ2v) is 6.30.